The molecule has 18 heavy (non-hydrogen) atoms. The van der Waals surface area contributed by atoms with Gasteiger partial charge in [0.15, 0.2) is 0 Å². The molecular formula is C13H14BrN3S. The van der Waals surface area contributed by atoms with Crippen molar-refractivity contribution in [2.24, 2.45) is 5.73 Å². The van der Waals surface area contributed by atoms with Gasteiger partial charge in [0.1, 0.15) is 10.1 Å². The van der Waals surface area contributed by atoms with E-state index in [4.69, 9.17) is 5.73 Å². The number of nitrogens with zero attached hydrogens (tertiary/aromatic N) is 2. The maximum Gasteiger partial charge on any atom is 0.105 e. The van der Waals surface area contributed by atoms with Crippen molar-refractivity contribution in [3.8, 4) is 0 Å². The molecule has 94 valence electrons. The fraction of sp³-hybridized carbons (Fsp3) is 0.231. The van der Waals surface area contributed by atoms with Crippen molar-refractivity contribution < 1.29 is 0 Å². The normalized spacial score (nSPS) is 10.6. The van der Waals surface area contributed by atoms with Gasteiger partial charge in [0.25, 0.3) is 0 Å². The molecular weight excluding hydrogens is 310 g/mol. The topological polar surface area (TPSA) is 51.8 Å². The van der Waals surface area contributed by atoms with Crippen molar-refractivity contribution in [3.05, 3.63) is 46.2 Å². The van der Waals surface area contributed by atoms with E-state index >= 15 is 0 Å². The predicted molar refractivity (Wildman–Crippen MR) is 77.8 cm³/mol. The van der Waals surface area contributed by atoms with E-state index in [9.17, 15) is 0 Å². The Morgan fingerprint density at radius 1 is 1.28 bits per heavy atom. The molecule has 0 aromatic carbocycles. The number of aryl methyl sites for hydroxylation is 1. The fourth-order valence-corrected chi connectivity index (χ4v) is 2.55. The highest BCUT2D eigenvalue weighted by Crippen LogP contribution is 2.27. The van der Waals surface area contributed by atoms with Crippen molar-refractivity contribution >= 4 is 27.7 Å². The summed E-state index contributed by atoms with van der Waals surface area (Å²) in [6, 6.07) is 6.10. The predicted octanol–water partition coefficient (Wildman–Crippen LogP) is 3.20. The first-order valence-electron chi connectivity index (χ1n) is 5.64. The molecule has 3 nitrogen and oxygen atoms in total. The van der Waals surface area contributed by atoms with Gasteiger partial charge in [-0.05, 0) is 70.8 Å². The molecule has 0 bridgehead atoms. The average molecular weight is 324 g/mol. The number of hydrogen-bond acceptors (Lipinski definition) is 4. The highest BCUT2D eigenvalue weighted by Gasteiger charge is 2.05. The zero-order valence-corrected chi connectivity index (χ0v) is 12.5. The molecule has 0 spiro atoms. The number of halogens is 1. The number of pyridine rings is 2. The van der Waals surface area contributed by atoms with Gasteiger partial charge in [0.2, 0.25) is 0 Å². The van der Waals surface area contributed by atoms with Crippen LogP contribution in [-0.4, -0.2) is 16.5 Å². The number of hydrogen-bond donors (Lipinski definition) is 1. The second-order valence-corrected chi connectivity index (χ2v) is 5.85. The van der Waals surface area contributed by atoms with Crippen LogP contribution in [0.1, 0.15) is 11.1 Å². The fourth-order valence-electron chi connectivity index (χ4n) is 1.55. The molecule has 0 saturated carbocycles. The van der Waals surface area contributed by atoms with Gasteiger partial charge in [-0.25, -0.2) is 9.97 Å². The minimum absolute atomic E-state index is 0.655. The van der Waals surface area contributed by atoms with Crippen molar-refractivity contribution in [2.45, 2.75) is 23.4 Å². The summed E-state index contributed by atoms with van der Waals surface area (Å²) in [4.78, 5) is 8.80. The molecule has 0 aliphatic heterocycles. The van der Waals surface area contributed by atoms with Crippen LogP contribution in [0.15, 0.2) is 45.1 Å². The van der Waals surface area contributed by atoms with Crippen molar-refractivity contribution in [2.75, 3.05) is 6.54 Å². The Hall–Kier alpha value is -0.910. The molecule has 5 heteroatoms. The molecule has 2 rings (SSSR count). The molecule has 2 aromatic rings. The zero-order chi connectivity index (χ0) is 13.0. The maximum absolute atomic E-state index is 5.54. The van der Waals surface area contributed by atoms with Crippen LogP contribution in [0.5, 0.6) is 0 Å². The van der Waals surface area contributed by atoms with Crippen LogP contribution >= 0.6 is 27.7 Å². The lowest BCUT2D eigenvalue weighted by Gasteiger charge is -2.06. The van der Waals surface area contributed by atoms with E-state index in [-0.39, 0.29) is 0 Å². The molecule has 0 atom stereocenters. The van der Waals surface area contributed by atoms with Gasteiger partial charge in [-0.3, -0.25) is 0 Å². The molecule has 2 aromatic heterocycles. The highest BCUT2D eigenvalue weighted by atomic mass is 79.9. The quantitative estimate of drug-likeness (QED) is 0.938. The molecule has 0 aliphatic rings. The van der Waals surface area contributed by atoms with E-state index < -0.39 is 0 Å². The monoisotopic (exact) mass is 323 g/mol. The third-order valence-corrected chi connectivity index (χ3v) is 3.96. The summed E-state index contributed by atoms with van der Waals surface area (Å²) in [5.41, 5.74) is 7.89. The lowest BCUT2D eigenvalue weighted by Crippen LogP contribution is -2.03. The highest BCUT2D eigenvalue weighted by molar-refractivity contribution is 9.10. The van der Waals surface area contributed by atoms with Gasteiger partial charge in [-0.1, -0.05) is 6.07 Å². The van der Waals surface area contributed by atoms with E-state index in [1.54, 1.807) is 18.0 Å². The van der Waals surface area contributed by atoms with Gasteiger partial charge in [-0.15, -0.1) is 0 Å². The molecule has 0 radical (unpaired) electrons. The Bertz CT molecular complexity index is 528. The first-order valence-corrected chi connectivity index (χ1v) is 7.25. The van der Waals surface area contributed by atoms with Crippen LogP contribution in [0.3, 0.4) is 0 Å². The van der Waals surface area contributed by atoms with Crippen molar-refractivity contribution in [1.82, 2.24) is 9.97 Å². The van der Waals surface area contributed by atoms with Gasteiger partial charge >= 0.3 is 0 Å². The van der Waals surface area contributed by atoms with Crippen LogP contribution in [0.25, 0.3) is 0 Å². The standard InChI is InChI=1S/C13H14BrN3S/c1-9-6-10(4-5-15)7-17-13(9)18-12-3-2-11(14)8-16-12/h2-3,6-8H,4-5,15H2,1H3. The molecule has 2 N–H and O–H groups in total. The van der Waals surface area contributed by atoms with Crippen LogP contribution in [0.4, 0.5) is 0 Å². The van der Waals surface area contributed by atoms with Crippen molar-refractivity contribution in [3.63, 3.8) is 0 Å². The lowest BCUT2D eigenvalue weighted by atomic mass is 10.2. The second-order valence-electron chi connectivity index (χ2n) is 3.92. The summed E-state index contributed by atoms with van der Waals surface area (Å²) < 4.78 is 0.981. The Labute approximate surface area is 119 Å². The van der Waals surface area contributed by atoms with Crippen LogP contribution in [0.2, 0.25) is 0 Å². The minimum Gasteiger partial charge on any atom is -0.330 e. The third kappa shape index (κ3) is 3.54. The zero-order valence-electron chi connectivity index (χ0n) is 10.1. The van der Waals surface area contributed by atoms with Gasteiger partial charge in [0.05, 0.1) is 0 Å². The van der Waals surface area contributed by atoms with E-state index in [0.29, 0.717) is 6.54 Å². The van der Waals surface area contributed by atoms with Crippen LogP contribution in [-0.2, 0) is 6.42 Å². The smallest absolute Gasteiger partial charge is 0.105 e. The molecule has 0 amide bonds. The molecule has 0 aliphatic carbocycles. The van der Waals surface area contributed by atoms with Gasteiger partial charge in [0, 0.05) is 16.9 Å². The first kappa shape index (κ1) is 13.5. The largest absolute Gasteiger partial charge is 0.330 e. The third-order valence-electron chi connectivity index (χ3n) is 2.42. The summed E-state index contributed by atoms with van der Waals surface area (Å²) in [5.74, 6) is 0. The summed E-state index contributed by atoms with van der Waals surface area (Å²) in [5, 5.41) is 1.94. The number of rotatable bonds is 4. The van der Waals surface area contributed by atoms with Gasteiger partial charge < -0.3 is 5.73 Å². The van der Waals surface area contributed by atoms with Crippen LogP contribution < -0.4 is 5.73 Å². The Morgan fingerprint density at radius 2 is 2.11 bits per heavy atom. The number of nitrogens with two attached hydrogens (primary N) is 1. The number of aromatic nitrogens is 2. The summed E-state index contributed by atoms with van der Waals surface area (Å²) in [7, 11) is 0. The maximum atomic E-state index is 5.54. The molecule has 2 heterocycles. The summed E-state index contributed by atoms with van der Waals surface area (Å²) >= 11 is 4.95. The van der Waals surface area contributed by atoms with Crippen molar-refractivity contribution in [1.29, 1.82) is 0 Å². The molecule has 0 fully saturated rings. The van der Waals surface area contributed by atoms with E-state index in [1.807, 2.05) is 18.3 Å². The Balaban J connectivity index is 2.16. The summed E-state index contributed by atoms with van der Waals surface area (Å²) in [6.07, 6.45) is 4.55. The van der Waals surface area contributed by atoms with Gasteiger partial charge in [-0.2, -0.15) is 0 Å². The first-order chi connectivity index (χ1) is 8.69. The molecule has 0 saturated heterocycles. The second kappa shape index (κ2) is 6.31. The molecule has 0 unspecified atom stereocenters. The lowest BCUT2D eigenvalue weighted by molar-refractivity contribution is 0.934. The van der Waals surface area contributed by atoms with E-state index in [0.717, 1.165) is 26.5 Å². The Morgan fingerprint density at radius 3 is 2.72 bits per heavy atom. The SMILES string of the molecule is Cc1cc(CCN)cnc1Sc1ccc(Br)cn1. The summed E-state index contributed by atoms with van der Waals surface area (Å²) in [6.45, 7) is 2.72. The Kier molecular flexibility index (Phi) is 4.74. The average Bonchev–Trinajstić information content (AvgIpc) is 2.36. The van der Waals surface area contributed by atoms with E-state index in [1.165, 1.54) is 5.56 Å². The minimum atomic E-state index is 0.655. The van der Waals surface area contributed by atoms with Crippen LogP contribution in [0, 0.1) is 6.92 Å². The van der Waals surface area contributed by atoms with E-state index in [2.05, 4.69) is 38.9 Å².